The Labute approximate surface area is 102 Å². The first-order valence-electron chi connectivity index (χ1n) is 5.14. The van der Waals surface area contributed by atoms with E-state index >= 15 is 0 Å². The number of hydrogen-bond acceptors (Lipinski definition) is 2. The molecule has 1 aromatic rings. The highest BCUT2D eigenvalue weighted by Crippen LogP contribution is 2.38. The molecule has 0 aliphatic carbocycles. The van der Waals surface area contributed by atoms with Crippen LogP contribution >= 0.6 is 0 Å². The third kappa shape index (κ3) is 3.83. The van der Waals surface area contributed by atoms with E-state index in [9.17, 15) is 18.0 Å². The van der Waals surface area contributed by atoms with Gasteiger partial charge in [-0.25, -0.2) is 4.79 Å². The minimum atomic E-state index is -4.57. The topological polar surface area (TPSA) is 64.3 Å². The summed E-state index contributed by atoms with van der Waals surface area (Å²) < 4.78 is 43.4. The number of anilines is 1. The molecule has 0 fully saturated rings. The summed E-state index contributed by atoms with van der Waals surface area (Å²) in [5.74, 6) is -0.285. The molecule has 4 nitrogen and oxygen atoms in total. The van der Waals surface area contributed by atoms with E-state index in [4.69, 9.17) is 10.5 Å². The Morgan fingerprint density at radius 2 is 2.00 bits per heavy atom. The van der Waals surface area contributed by atoms with E-state index in [2.05, 4.69) is 5.32 Å². The largest absolute Gasteiger partial charge is 0.490 e. The minimum absolute atomic E-state index is 0.0362. The molecule has 0 bridgehead atoms. The Morgan fingerprint density at radius 3 is 2.44 bits per heavy atom. The standard InChI is InChI=1S/C11H13F3N2O2/c1-6(2)18-9-4-3-7(16-10(15)17)5-8(9)11(12,13)14/h3-6H,1-2H3,(H3,15,16,17). The van der Waals surface area contributed by atoms with Crippen molar-refractivity contribution in [2.75, 3.05) is 5.32 Å². The van der Waals surface area contributed by atoms with Gasteiger partial charge >= 0.3 is 12.2 Å². The fraction of sp³-hybridized carbons (Fsp3) is 0.364. The summed E-state index contributed by atoms with van der Waals surface area (Å²) in [7, 11) is 0. The summed E-state index contributed by atoms with van der Waals surface area (Å²) in [6, 6.07) is 2.29. The van der Waals surface area contributed by atoms with E-state index in [1.54, 1.807) is 13.8 Å². The van der Waals surface area contributed by atoms with Gasteiger partial charge in [0, 0.05) is 5.69 Å². The molecule has 0 radical (unpaired) electrons. The van der Waals surface area contributed by atoms with Crippen molar-refractivity contribution in [2.45, 2.75) is 26.1 Å². The van der Waals surface area contributed by atoms with Crippen LogP contribution in [-0.2, 0) is 6.18 Å². The maximum absolute atomic E-state index is 12.8. The van der Waals surface area contributed by atoms with Gasteiger partial charge in [-0.15, -0.1) is 0 Å². The Kier molecular flexibility index (Phi) is 4.05. The van der Waals surface area contributed by atoms with Crippen molar-refractivity contribution in [3.8, 4) is 5.75 Å². The number of hydrogen-bond donors (Lipinski definition) is 2. The summed E-state index contributed by atoms with van der Waals surface area (Å²) in [5.41, 5.74) is 3.85. The van der Waals surface area contributed by atoms with Crippen LogP contribution in [0.25, 0.3) is 0 Å². The van der Waals surface area contributed by atoms with Crippen molar-refractivity contribution < 1.29 is 22.7 Å². The van der Waals surface area contributed by atoms with E-state index < -0.39 is 17.8 Å². The van der Waals surface area contributed by atoms with Crippen molar-refractivity contribution in [3.05, 3.63) is 23.8 Å². The van der Waals surface area contributed by atoms with Crippen LogP contribution in [0.15, 0.2) is 18.2 Å². The molecule has 0 atom stereocenters. The van der Waals surface area contributed by atoms with Gasteiger partial charge in [-0.2, -0.15) is 13.2 Å². The maximum atomic E-state index is 12.8. The lowest BCUT2D eigenvalue weighted by molar-refractivity contribution is -0.139. The molecule has 7 heteroatoms. The highest BCUT2D eigenvalue weighted by atomic mass is 19.4. The van der Waals surface area contributed by atoms with E-state index in [-0.39, 0.29) is 17.5 Å². The molecule has 0 aromatic heterocycles. The van der Waals surface area contributed by atoms with E-state index in [0.717, 1.165) is 12.1 Å². The summed E-state index contributed by atoms with van der Waals surface area (Å²) in [6.07, 6.45) is -4.96. The lowest BCUT2D eigenvalue weighted by Gasteiger charge is -2.17. The predicted molar refractivity (Wildman–Crippen MR) is 60.4 cm³/mol. The Bertz CT molecular complexity index is 444. The molecule has 0 spiro atoms. The molecule has 3 N–H and O–H groups in total. The molecular weight excluding hydrogens is 249 g/mol. The molecule has 0 aliphatic rings. The minimum Gasteiger partial charge on any atom is -0.490 e. The van der Waals surface area contributed by atoms with Crippen molar-refractivity contribution in [2.24, 2.45) is 5.73 Å². The number of urea groups is 1. The fourth-order valence-electron chi connectivity index (χ4n) is 1.33. The van der Waals surface area contributed by atoms with Crippen LogP contribution < -0.4 is 15.8 Å². The molecule has 0 saturated carbocycles. The Morgan fingerprint density at radius 1 is 1.39 bits per heavy atom. The summed E-state index contributed by atoms with van der Waals surface area (Å²) in [6.45, 7) is 3.24. The number of benzene rings is 1. The van der Waals surface area contributed by atoms with E-state index in [0.29, 0.717) is 0 Å². The van der Waals surface area contributed by atoms with Crippen LogP contribution in [0.1, 0.15) is 19.4 Å². The maximum Gasteiger partial charge on any atom is 0.420 e. The van der Waals surface area contributed by atoms with Gasteiger partial charge in [0.25, 0.3) is 0 Å². The molecule has 2 amide bonds. The number of amides is 2. The first-order valence-corrected chi connectivity index (χ1v) is 5.14. The van der Waals surface area contributed by atoms with Crippen molar-refractivity contribution in [3.63, 3.8) is 0 Å². The monoisotopic (exact) mass is 262 g/mol. The second kappa shape index (κ2) is 5.16. The number of halogens is 3. The molecule has 1 aromatic carbocycles. The highest BCUT2D eigenvalue weighted by Gasteiger charge is 2.35. The van der Waals surface area contributed by atoms with Gasteiger partial charge < -0.3 is 15.8 Å². The third-order valence-electron chi connectivity index (χ3n) is 1.92. The van der Waals surface area contributed by atoms with Gasteiger partial charge in [0.15, 0.2) is 0 Å². The Hall–Kier alpha value is -1.92. The van der Waals surface area contributed by atoms with Gasteiger partial charge in [-0.3, -0.25) is 0 Å². The lowest BCUT2D eigenvalue weighted by Crippen LogP contribution is -2.20. The molecule has 0 heterocycles. The fourth-order valence-corrected chi connectivity index (χ4v) is 1.33. The van der Waals surface area contributed by atoms with Gasteiger partial charge in [0.1, 0.15) is 5.75 Å². The van der Waals surface area contributed by atoms with Gasteiger partial charge in [-0.05, 0) is 32.0 Å². The van der Waals surface area contributed by atoms with E-state index in [1.807, 2.05) is 0 Å². The van der Waals surface area contributed by atoms with Crippen LogP contribution in [0.5, 0.6) is 5.75 Å². The van der Waals surface area contributed by atoms with Crippen LogP contribution in [0.2, 0.25) is 0 Å². The molecule has 100 valence electrons. The normalized spacial score (nSPS) is 11.4. The van der Waals surface area contributed by atoms with Crippen LogP contribution in [0, 0.1) is 0 Å². The number of nitrogens with two attached hydrogens (primary N) is 1. The van der Waals surface area contributed by atoms with Gasteiger partial charge in [0.05, 0.1) is 11.7 Å². The van der Waals surface area contributed by atoms with Gasteiger partial charge in [0.2, 0.25) is 0 Å². The lowest BCUT2D eigenvalue weighted by atomic mass is 10.1. The van der Waals surface area contributed by atoms with Crippen LogP contribution in [0.3, 0.4) is 0 Å². The second-order valence-electron chi connectivity index (χ2n) is 3.86. The first kappa shape index (κ1) is 14.1. The SMILES string of the molecule is CC(C)Oc1ccc(NC(N)=O)cc1C(F)(F)F. The number of nitrogens with one attached hydrogen (secondary N) is 1. The number of carbonyl (C=O) groups excluding carboxylic acids is 1. The molecule has 0 saturated heterocycles. The average molecular weight is 262 g/mol. The number of primary amides is 1. The number of rotatable bonds is 3. The first-order chi connectivity index (χ1) is 8.20. The second-order valence-corrected chi connectivity index (χ2v) is 3.86. The Balaban J connectivity index is 3.16. The summed E-state index contributed by atoms with van der Waals surface area (Å²) >= 11 is 0. The third-order valence-corrected chi connectivity index (χ3v) is 1.92. The molecule has 1 rings (SSSR count). The zero-order chi connectivity index (χ0) is 13.9. The molecule has 18 heavy (non-hydrogen) atoms. The molecule has 0 unspecified atom stereocenters. The van der Waals surface area contributed by atoms with Crippen molar-refractivity contribution in [1.29, 1.82) is 0 Å². The number of alkyl halides is 3. The van der Waals surface area contributed by atoms with Gasteiger partial charge in [-0.1, -0.05) is 0 Å². The number of ether oxygens (including phenoxy) is 1. The van der Waals surface area contributed by atoms with Crippen molar-refractivity contribution in [1.82, 2.24) is 0 Å². The summed E-state index contributed by atoms with van der Waals surface area (Å²) in [4.78, 5) is 10.6. The zero-order valence-corrected chi connectivity index (χ0v) is 9.84. The quantitative estimate of drug-likeness (QED) is 0.879. The smallest absolute Gasteiger partial charge is 0.420 e. The van der Waals surface area contributed by atoms with Crippen LogP contribution in [-0.4, -0.2) is 12.1 Å². The molecule has 0 aliphatic heterocycles. The zero-order valence-electron chi connectivity index (χ0n) is 9.84. The van der Waals surface area contributed by atoms with Crippen LogP contribution in [0.4, 0.5) is 23.7 Å². The average Bonchev–Trinajstić information content (AvgIpc) is 2.17. The molecular formula is C11H13F3N2O2. The summed E-state index contributed by atoms with van der Waals surface area (Å²) in [5, 5.41) is 2.08. The highest BCUT2D eigenvalue weighted by molar-refractivity contribution is 5.88. The van der Waals surface area contributed by atoms with E-state index in [1.165, 1.54) is 6.07 Å². The van der Waals surface area contributed by atoms with Crippen molar-refractivity contribution >= 4 is 11.7 Å². The predicted octanol–water partition coefficient (Wildman–Crippen LogP) is 2.98. The number of carbonyl (C=O) groups is 1.